The lowest BCUT2D eigenvalue weighted by Gasteiger charge is -2.17. The fourth-order valence-electron chi connectivity index (χ4n) is 1.92. The fourth-order valence-corrected chi connectivity index (χ4v) is 1.92. The van der Waals surface area contributed by atoms with Crippen molar-refractivity contribution in [1.82, 2.24) is 10.2 Å². The number of ether oxygens (including phenoxy) is 1. The number of carbonyl (C=O) groups excluding carboxylic acids is 1. The highest BCUT2D eigenvalue weighted by Gasteiger charge is 2.08. The van der Waals surface area contributed by atoms with E-state index in [-0.39, 0.29) is 12.5 Å². The number of likely N-dealkylation sites (N-methyl/N-ethyl adjacent to an activating group) is 2. The molecule has 20 heavy (non-hydrogen) atoms. The molecule has 0 radical (unpaired) electrons. The molecule has 0 bridgehead atoms. The maximum atomic E-state index is 11.9. The first-order valence-corrected chi connectivity index (χ1v) is 6.71. The molecular weight excluding hydrogens is 252 g/mol. The van der Waals surface area contributed by atoms with Gasteiger partial charge in [-0.3, -0.25) is 4.79 Å². The normalized spacial score (nSPS) is 10.5. The van der Waals surface area contributed by atoms with E-state index < -0.39 is 0 Å². The largest absolute Gasteiger partial charge is 0.484 e. The van der Waals surface area contributed by atoms with E-state index >= 15 is 0 Å². The molecule has 0 aromatic heterocycles. The van der Waals surface area contributed by atoms with Crippen LogP contribution in [0, 0.1) is 0 Å². The van der Waals surface area contributed by atoms with Crippen LogP contribution < -0.4 is 10.1 Å². The molecule has 1 N–H and O–H groups in total. The number of rotatable bonds is 6. The second-order valence-corrected chi connectivity index (χ2v) is 4.72. The lowest BCUT2D eigenvalue weighted by Crippen LogP contribution is -2.35. The van der Waals surface area contributed by atoms with Gasteiger partial charge in [0.2, 0.25) is 0 Å². The Labute approximate surface area is 119 Å². The van der Waals surface area contributed by atoms with Gasteiger partial charge in [-0.2, -0.15) is 0 Å². The Morgan fingerprint density at radius 1 is 1.20 bits per heavy atom. The van der Waals surface area contributed by atoms with Crippen molar-refractivity contribution in [2.45, 2.75) is 0 Å². The molecule has 4 nitrogen and oxygen atoms in total. The summed E-state index contributed by atoms with van der Waals surface area (Å²) in [6, 6.07) is 13.9. The number of amides is 1. The van der Waals surface area contributed by atoms with E-state index in [1.165, 1.54) is 0 Å². The predicted octanol–water partition coefficient (Wildman–Crippen LogP) is 1.90. The molecule has 0 aliphatic rings. The van der Waals surface area contributed by atoms with Crippen LogP contribution in [0.15, 0.2) is 42.5 Å². The summed E-state index contributed by atoms with van der Waals surface area (Å²) in [4.78, 5) is 13.5. The molecule has 0 aliphatic carbocycles. The van der Waals surface area contributed by atoms with E-state index in [9.17, 15) is 4.79 Å². The van der Waals surface area contributed by atoms with Crippen LogP contribution >= 0.6 is 0 Å². The van der Waals surface area contributed by atoms with E-state index in [1.807, 2.05) is 43.4 Å². The third-order valence-electron chi connectivity index (χ3n) is 3.21. The van der Waals surface area contributed by atoms with Crippen LogP contribution in [0.2, 0.25) is 0 Å². The van der Waals surface area contributed by atoms with E-state index in [1.54, 1.807) is 11.9 Å². The fraction of sp³-hybridized carbons (Fsp3) is 0.312. The molecule has 2 aromatic rings. The number of nitrogens with zero attached hydrogens (tertiary/aromatic N) is 1. The number of benzene rings is 2. The van der Waals surface area contributed by atoms with Crippen molar-refractivity contribution in [3.63, 3.8) is 0 Å². The van der Waals surface area contributed by atoms with E-state index in [0.717, 1.165) is 23.1 Å². The lowest BCUT2D eigenvalue weighted by atomic mass is 10.1. The van der Waals surface area contributed by atoms with E-state index in [2.05, 4.69) is 11.4 Å². The summed E-state index contributed by atoms with van der Waals surface area (Å²) in [6.45, 7) is 1.52. The molecule has 4 heteroatoms. The standard InChI is InChI=1S/C16H20N2O2/c1-17-9-10-18(2)16(19)12-20-15-8-7-13-5-3-4-6-14(13)11-15/h3-8,11,17H,9-10,12H2,1-2H3. The van der Waals surface area contributed by atoms with Crippen molar-refractivity contribution in [3.8, 4) is 5.75 Å². The van der Waals surface area contributed by atoms with Crippen molar-refractivity contribution < 1.29 is 9.53 Å². The third-order valence-corrected chi connectivity index (χ3v) is 3.21. The van der Waals surface area contributed by atoms with Gasteiger partial charge in [0.1, 0.15) is 5.75 Å². The number of fused-ring (bicyclic) bond motifs is 1. The van der Waals surface area contributed by atoms with Crippen LogP contribution in [0.3, 0.4) is 0 Å². The van der Waals surface area contributed by atoms with Crippen molar-refractivity contribution in [2.75, 3.05) is 33.8 Å². The Balaban J connectivity index is 1.93. The summed E-state index contributed by atoms with van der Waals surface area (Å²) in [6.07, 6.45) is 0. The van der Waals surface area contributed by atoms with Gasteiger partial charge in [-0.05, 0) is 30.0 Å². The molecule has 0 atom stereocenters. The zero-order valence-electron chi connectivity index (χ0n) is 11.9. The van der Waals surface area contributed by atoms with Crippen LogP contribution in [0.5, 0.6) is 5.75 Å². The van der Waals surface area contributed by atoms with Gasteiger partial charge < -0.3 is 15.0 Å². The monoisotopic (exact) mass is 272 g/mol. The molecule has 106 valence electrons. The van der Waals surface area contributed by atoms with Gasteiger partial charge in [0, 0.05) is 20.1 Å². The highest BCUT2D eigenvalue weighted by atomic mass is 16.5. The zero-order valence-corrected chi connectivity index (χ0v) is 11.9. The van der Waals surface area contributed by atoms with Gasteiger partial charge in [0.25, 0.3) is 5.91 Å². The smallest absolute Gasteiger partial charge is 0.260 e. The highest BCUT2D eigenvalue weighted by Crippen LogP contribution is 2.20. The maximum absolute atomic E-state index is 11.9. The molecule has 0 fully saturated rings. The summed E-state index contributed by atoms with van der Waals surface area (Å²) in [5.74, 6) is 0.701. The van der Waals surface area contributed by atoms with Gasteiger partial charge in [0.15, 0.2) is 6.61 Å². The second-order valence-electron chi connectivity index (χ2n) is 4.72. The summed E-state index contributed by atoms with van der Waals surface area (Å²) >= 11 is 0. The van der Waals surface area contributed by atoms with Crippen LogP contribution in [0.25, 0.3) is 10.8 Å². The first-order valence-electron chi connectivity index (χ1n) is 6.71. The summed E-state index contributed by atoms with van der Waals surface area (Å²) in [5.41, 5.74) is 0. The zero-order chi connectivity index (χ0) is 14.4. The molecule has 0 saturated carbocycles. The molecule has 0 spiro atoms. The van der Waals surface area contributed by atoms with Crippen molar-refractivity contribution in [3.05, 3.63) is 42.5 Å². The van der Waals surface area contributed by atoms with Gasteiger partial charge in [-0.25, -0.2) is 0 Å². The average Bonchev–Trinajstić information content (AvgIpc) is 2.50. The van der Waals surface area contributed by atoms with Gasteiger partial charge >= 0.3 is 0 Å². The van der Waals surface area contributed by atoms with Crippen molar-refractivity contribution in [1.29, 1.82) is 0 Å². The number of hydrogen-bond acceptors (Lipinski definition) is 3. The summed E-state index contributed by atoms with van der Waals surface area (Å²) in [5, 5.41) is 5.29. The number of carbonyl (C=O) groups is 1. The van der Waals surface area contributed by atoms with Crippen LogP contribution in [0.4, 0.5) is 0 Å². The summed E-state index contributed by atoms with van der Waals surface area (Å²) < 4.78 is 5.57. The molecule has 0 aliphatic heterocycles. The first kappa shape index (κ1) is 14.3. The maximum Gasteiger partial charge on any atom is 0.260 e. The molecule has 2 aromatic carbocycles. The van der Waals surface area contributed by atoms with Gasteiger partial charge in [0.05, 0.1) is 0 Å². The highest BCUT2D eigenvalue weighted by molar-refractivity contribution is 5.84. The Kier molecular flexibility index (Phi) is 4.96. The predicted molar refractivity (Wildman–Crippen MR) is 81.0 cm³/mol. The Morgan fingerprint density at radius 3 is 2.70 bits per heavy atom. The molecule has 2 rings (SSSR count). The molecule has 1 amide bonds. The Hall–Kier alpha value is -2.07. The van der Waals surface area contributed by atoms with E-state index in [4.69, 9.17) is 4.74 Å². The van der Waals surface area contributed by atoms with E-state index in [0.29, 0.717) is 6.54 Å². The minimum atomic E-state index is -0.0200. The number of hydrogen-bond donors (Lipinski definition) is 1. The summed E-state index contributed by atoms with van der Waals surface area (Å²) in [7, 11) is 3.65. The van der Waals surface area contributed by atoms with Gasteiger partial charge in [-0.15, -0.1) is 0 Å². The SMILES string of the molecule is CNCCN(C)C(=O)COc1ccc2ccccc2c1. The van der Waals surface area contributed by atoms with Crippen LogP contribution in [-0.4, -0.2) is 44.6 Å². The average molecular weight is 272 g/mol. The molecule has 0 saturated heterocycles. The van der Waals surface area contributed by atoms with Crippen LogP contribution in [0.1, 0.15) is 0 Å². The Bertz CT molecular complexity index is 583. The third kappa shape index (κ3) is 3.71. The van der Waals surface area contributed by atoms with Crippen LogP contribution in [-0.2, 0) is 4.79 Å². The Morgan fingerprint density at radius 2 is 1.95 bits per heavy atom. The van der Waals surface area contributed by atoms with Crippen molar-refractivity contribution >= 4 is 16.7 Å². The second kappa shape index (κ2) is 6.91. The number of nitrogens with one attached hydrogen (secondary N) is 1. The molecule has 0 heterocycles. The quantitative estimate of drug-likeness (QED) is 0.873. The molecule has 0 unspecified atom stereocenters. The topological polar surface area (TPSA) is 41.6 Å². The molecular formula is C16H20N2O2. The van der Waals surface area contributed by atoms with Gasteiger partial charge in [-0.1, -0.05) is 30.3 Å². The van der Waals surface area contributed by atoms with Crippen molar-refractivity contribution in [2.24, 2.45) is 0 Å². The minimum absolute atomic E-state index is 0.0200. The minimum Gasteiger partial charge on any atom is -0.484 e. The first-order chi connectivity index (χ1) is 9.70. The lowest BCUT2D eigenvalue weighted by molar-refractivity contribution is -0.131.